The maximum atomic E-state index is 5.82. The number of unbranched alkanes of at least 4 members (excludes halogenated alkanes) is 1. The van der Waals surface area contributed by atoms with Crippen LogP contribution in [0.25, 0.3) is 0 Å². The average molecular weight is 184 g/mol. The van der Waals surface area contributed by atoms with E-state index in [1.165, 1.54) is 18.4 Å². The second-order valence-electron chi connectivity index (χ2n) is 3.04. The fraction of sp³-hybridized carbons (Fsp3) is 0.500. The number of rotatable bonds is 3. The monoisotopic (exact) mass is 183 g/mol. The maximum absolute atomic E-state index is 5.82. The molecule has 1 rings (SSSR count). The van der Waals surface area contributed by atoms with Gasteiger partial charge in [-0.15, -0.1) is 0 Å². The molecule has 12 heavy (non-hydrogen) atoms. The molecule has 0 aliphatic rings. The standard InChI is InChI=1S/C10H14ClN/c1-3-4-5-9-6-8(2)12-10(11)7-9/h6-7H,3-5H2,1-2H3. The average Bonchev–Trinajstić information content (AvgIpc) is 1.99. The highest BCUT2D eigenvalue weighted by Gasteiger charge is 1.96. The molecule has 0 spiro atoms. The smallest absolute Gasteiger partial charge is 0.129 e. The maximum Gasteiger partial charge on any atom is 0.129 e. The Balaban J connectivity index is 2.72. The Kier molecular flexibility index (Phi) is 3.54. The van der Waals surface area contributed by atoms with E-state index >= 15 is 0 Å². The van der Waals surface area contributed by atoms with Crippen LogP contribution in [-0.4, -0.2) is 4.98 Å². The summed E-state index contributed by atoms with van der Waals surface area (Å²) >= 11 is 5.82. The number of halogens is 1. The van der Waals surface area contributed by atoms with Crippen molar-refractivity contribution >= 4 is 11.6 Å². The van der Waals surface area contributed by atoms with Crippen molar-refractivity contribution in [2.45, 2.75) is 33.1 Å². The van der Waals surface area contributed by atoms with Crippen LogP contribution in [0.15, 0.2) is 12.1 Å². The van der Waals surface area contributed by atoms with Gasteiger partial charge in [-0.3, -0.25) is 0 Å². The summed E-state index contributed by atoms with van der Waals surface area (Å²) in [7, 11) is 0. The second kappa shape index (κ2) is 4.46. The fourth-order valence-electron chi connectivity index (χ4n) is 1.22. The van der Waals surface area contributed by atoms with E-state index < -0.39 is 0 Å². The number of nitrogens with zero attached hydrogens (tertiary/aromatic N) is 1. The summed E-state index contributed by atoms with van der Waals surface area (Å²) in [5.41, 5.74) is 2.31. The van der Waals surface area contributed by atoms with Gasteiger partial charge in [-0.2, -0.15) is 0 Å². The van der Waals surface area contributed by atoms with E-state index in [1.807, 2.05) is 13.0 Å². The van der Waals surface area contributed by atoms with Crippen molar-refractivity contribution in [1.82, 2.24) is 4.98 Å². The largest absolute Gasteiger partial charge is 0.241 e. The zero-order chi connectivity index (χ0) is 8.97. The third-order valence-corrected chi connectivity index (χ3v) is 1.99. The lowest BCUT2D eigenvalue weighted by molar-refractivity contribution is 0.793. The molecule has 0 N–H and O–H groups in total. The van der Waals surface area contributed by atoms with Crippen molar-refractivity contribution in [2.24, 2.45) is 0 Å². The molecule has 1 nitrogen and oxygen atoms in total. The Labute approximate surface area is 78.8 Å². The third-order valence-electron chi connectivity index (χ3n) is 1.80. The molecule has 0 fully saturated rings. The Hall–Kier alpha value is -0.560. The van der Waals surface area contributed by atoms with Crippen LogP contribution in [0.5, 0.6) is 0 Å². The zero-order valence-electron chi connectivity index (χ0n) is 7.60. The van der Waals surface area contributed by atoms with Crippen molar-refractivity contribution < 1.29 is 0 Å². The lowest BCUT2D eigenvalue weighted by Crippen LogP contribution is -1.89. The van der Waals surface area contributed by atoms with Crippen molar-refractivity contribution in [3.05, 3.63) is 28.5 Å². The van der Waals surface area contributed by atoms with Crippen LogP contribution in [-0.2, 0) is 6.42 Å². The van der Waals surface area contributed by atoms with Crippen LogP contribution in [0.1, 0.15) is 31.0 Å². The van der Waals surface area contributed by atoms with Gasteiger partial charge in [-0.1, -0.05) is 24.9 Å². The van der Waals surface area contributed by atoms with Crippen LogP contribution in [0, 0.1) is 6.92 Å². The summed E-state index contributed by atoms with van der Waals surface area (Å²) in [6, 6.07) is 4.05. The number of hydrogen-bond acceptors (Lipinski definition) is 1. The summed E-state index contributed by atoms with van der Waals surface area (Å²) in [6.07, 6.45) is 3.55. The van der Waals surface area contributed by atoms with E-state index in [2.05, 4.69) is 18.0 Å². The van der Waals surface area contributed by atoms with Gasteiger partial charge in [0, 0.05) is 5.69 Å². The van der Waals surface area contributed by atoms with Crippen LogP contribution in [0.3, 0.4) is 0 Å². The van der Waals surface area contributed by atoms with E-state index in [-0.39, 0.29) is 0 Å². The molecule has 0 atom stereocenters. The van der Waals surface area contributed by atoms with Crippen LogP contribution in [0.2, 0.25) is 5.15 Å². The van der Waals surface area contributed by atoms with Gasteiger partial charge in [0.1, 0.15) is 5.15 Å². The molecule has 0 aliphatic heterocycles. The summed E-state index contributed by atoms with van der Waals surface area (Å²) in [5.74, 6) is 0. The molecule has 0 saturated heterocycles. The predicted octanol–water partition coefficient (Wildman–Crippen LogP) is 3.39. The lowest BCUT2D eigenvalue weighted by Gasteiger charge is -2.01. The van der Waals surface area contributed by atoms with E-state index in [4.69, 9.17) is 11.6 Å². The molecule has 66 valence electrons. The SMILES string of the molecule is CCCCc1cc(C)nc(Cl)c1. The van der Waals surface area contributed by atoms with E-state index in [0.29, 0.717) is 5.15 Å². The van der Waals surface area contributed by atoms with E-state index in [1.54, 1.807) is 0 Å². The van der Waals surface area contributed by atoms with Crippen molar-refractivity contribution in [2.75, 3.05) is 0 Å². The molecule has 0 bridgehead atoms. The number of hydrogen-bond donors (Lipinski definition) is 0. The first-order valence-corrected chi connectivity index (χ1v) is 4.73. The summed E-state index contributed by atoms with van der Waals surface area (Å²) < 4.78 is 0. The van der Waals surface area contributed by atoms with Gasteiger partial charge >= 0.3 is 0 Å². The van der Waals surface area contributed by atoms with Crippen LogP contribution >= 0.6 is 11.6 Å². The first kappa shape index (κ1) is 9.53. The minimum atomic E-state index is 0.612. The molecule has 1 aromatic rings. The first-order chi connectivity index (χ1) is 5.72. The lowest BCUT2D eigenvalue weighted by atomic mass is 10.1. The quantitative estimate of drug-likeness (QED) is 0.655. The topological polar surface area (TPSA) is 12.9 Å². The minimum absolute atomic E-state index is 0.612. The zero-order valence-corrected chi connectivity index (χ0v) is 8.36. The highest BCUT2D eigenvalue weighted by molar-refractivity contribution is 6.29. The first-order valence-electron chi connectivity index (χ1n) is 4.35. The second-order valence-corrected chi connectivity index (χ2v) is 3.43. The van der Waals surface area contributed by atoms with Gasteiger partial charge in [0.15, 0.2) is 0 Å². The normalized spacial score (nSPS) is 10.2. The Morgan fingerprint density at radius 3 is 2.75 bits per heavy atom. The molecule has 0 amide bonds. The highest BCUT2D eigenvalue weighted by atomic mass is 35.5. The Morgan fingerprint density at radius 2 is 2.17 bits per heavy atom. The predicted molar refractivity (Wildman–Crippen MR) is 52.6 cm³/mol. The molecule has 0 unspecified atom stereocenters. The van der Waals surface area contributed by atoms with Gasteiger partial charge in [-0.05, 0) is 37.5 Å². The molecule has 0 radical (unpaired) electrons. The molecular weight excluding hydrogens is 170 g/mol. The van der Waals surface area contributed by atoms with Gasteiger partial charge in [0.2, 0.25) is 0 Å². The minimum Gasteiger partial charge on any atom is -0.241 e. The third kappa shape index (κ3) is 2.82. The molecule has 0 aliphatic carbocycles. The summed E-state index contributed by atoms with van der Waals surface area (Å²) in [4.78, 5) is 4.11. The Bertz CT molecular complexity index is 238. The number of aromatic nitrogens is 1. The molecule has 0 saturated carbocycles. The number of pyridine rings is 1. The van der Waals surface area contributed by atoms with E-state index in [9.17, 15) is 0 Å². The summed E-state index contributed by atoms with van der Waals surface area (Å²) in [5, 5.41) is 0.612. The van der Waals surface area contributed by atoms with Gasteiger partial charge in [-0.25, -0.2) is 4.98 Å². The van der Waals surface area contributed by atoms with Gasteiger partial charge < -0.3 is 0 Å². The highest BCUT2D eigenvalue weighted by Crippen LogP contribution is 2.12. The molecule has 2 heteroatoms. The molecular formula is C10H14ClN. The number of aryl methyl sites for hydroxylation is 2. The fourth-order valence-corrected chi connectivity index (χ4v) is 1.49. The van der Waals surface area contributed by atoms with Crippen molar-refractivity contribution in [3.63, 3.8) is 0 Å². The Morgan fingerprint density at radius 1 is 1.42 bits per heavy atom. The van der Waals surface area contributed by atoms with Gasteiger partial charge in [0.05, 0.1) is 0 Å². The van der Waals surface area contributed by atoms with E-state index in [0.717, 1.165) is 12.1 Å². The molecule has 1 aromatic heterocycles. The summed E-state index contributed by atoms with van der Waals surface area (Å²) in [6.45, 7) is 4.16. The van der Waals surface area contributed by atoms with Crippen LogP contribution < -0.4 is 0 Å². The van der Waals surface area contributed by atoms with Crippen molar-refractivity contribution in [3.8, 4) is 0 Å². The molecule has 0 aromatic carbocycles. The van der Waals surface area contributed by atoms with Crippen molar-refractivity contribution in [1.29, 1.82) is 0 Å². The van der Waals surface area contributed by atoms with Gasteiger partial charge in [0.25, 0.3) is 0 Å². The molecule has 1 heterocycles. The van der Waals surface area contributed by atoms with Crippen LogP contribution in [0.4, 0.5) is 0 Å².